The highest BCUT2D eigenvalue weighted by Crippen LogP contribution is 2.35. The number of carbonyl (C=O) groups is 1. The topological polar surface area (TPSA) is 118 Å². The maximum Gasteiger partial charge on any atom is 0.264 e. The summed E-state index contributed by atoms with van der Waals surface area (Å²) in [6.07, 6.45) is 6.15. The van der Waals surface area contributed by atoms with E-state index >= 15 is 0 Å². The molecular weight excluding hydrogens is 348 g/mol. The SMILES string of the molecule is CN(Cc1noc(C2CCC2)n1)C(=O)c1cnc(-c2ccccn2)[nH]c1=O. The van der Waals surface area contributed by atoms with Crippen LogP contribution in [0.3, 0.4) is 0 Å². The fourth-order valence-corrected chi connectivity index (χ4v) is 2.82. The smallest absolute Gasteiger partial charge is 0.264 e. The molecule has 3 aromatic rings. The second-order valence-corrected chi connectivity index (χ2v) is 6.53. The van der Waals surface area contributed by atoms with Gasteiger partial charge in [-0.2, -0.15) is 4.98 Å². The lowest BCUT2D eigenvalue weighted by molar-refractivity contribution is 0.0778. The summed E-state index contributed by atoms with van der Waals surface area (Å²) >= 11 is 0. The number of aromatic nitrogens is 5. The number of rotatable bonds is 5. The van der Waals surface area contributed by atoms with Gasteiger partial charge in [-0.25, -0.2) is 4.98 Å². The Morgan fingerprint density at radius 2 is 2.19 bits per heavy atom. The maximum absolute atomic E-state index is 12.6. The van der Waals surface area contributed by atoms with E-state index in [2.05, 4.69) is 25.1 Å². The average molecular weight is 366 g/mol. The van der Waals surface area contributed by atoms with E-state index in [4.69, 9.17) is 4.52 Å². The van der Waals surface area contributed by atoms with Crippen LogP contribution in [0.4, 0.5) is 0 Å². The number of carbonyl (C=O) groups excluding carboxylic acids is 1. The zero-order valence-electron chi connectivity index (χ0n) is 14.8. The number of H-pyrrole nitrogens is 1. The number of nitrogens with zero attached hydrogens (tertiary/aromatic N) is 5. The predicted molar refractivity (Wildman–Crippen MR) is 94.8 cm³/mol. The Morgan fingerprint density at radius 3 is 2.85 bits per heavy atom. The Morgan fingerprint density at radius 1 is 1.33 bits per heavy atom. The summed E-state index contributed by atoms with van der Waals surface area (Å²) in [5, 5.41) is 3.92. The van der Waals surface area contributed by atoms with Crippen molar-refractivity contribution in [3.8, 4) is 11.5 Å². The van der Waals surface area contributed by atoms with Gasteiger partial charge in [0.1, 0.15) is 11.3 Å². The van der Waals surface area contributed by atoms with Gasteiger partial charge in [0.05, 0.1) is 6.54 Å². The molecule has 9 heteroatoms. The molecule has 1 fully saturated rings. The summed E-state index contributed by atoms with van der Waals surface area (Å²) in [6, 6.07) is 5.28. The second kappa shape index (κ2) is 7.10. The van der Waals surface area contributed by atoms with Gasteiger partial charge in [-0.3, -0.25) is 14.6 Å². The molecule has 0 saturated heterocycles. The van der Waals surface area contributed by atoms with Crippen molar-refractivity contribution in [2.24, 2.45) is 0 Å². The molecule has 3 heterocycles. The summed E-state index contributed by atoms with van der Waals surface area (Å²) in [7, 11) is 1.58. The maximum atomic E-state index is 12.6. The fraction of sp³-hybridized carbons (Fsp3) is 0.333. The lowest BCUT2D eigenvalue weighted by atomic mass is 9.85. The van der Waals surface area contributed by atoms with Crippen LogP contribution in [0.1, 0.15) is 47.3 Å². The van der Waals surface area contributed by atoms with Crippen molar-refractivity contribution in [2.45, 2.75) is 31.7 Å². The number of hydrogen-bond acceptors (Lipinski definition) is 7. The third-order valence-corrected chi connectivity index (χ3v) is 4.60. The van der Waals surface area contributed by atoms with Crippen LogP contribution >= 0.6 is 0 Å². The first-order valence-electron chi connectivity index (χ1n) is 8.70. The highest BCUT2D eigenvalue weighted by molar-refractivity contribution is 5.93. The largest absolute Gasteiger partial charge is 0.339 e. The monoisotopic (exact) mass is 366 g/mol. The Kier molecular flexibility index (Phi) is 4.49. The number of pyridine rings is 1. The van der Waals surface area contributed by atoms with Crippen molar-refractivity contribution in [2.75, 3.05) is 7.05 Å². The van der Waals surface area contributed by atoms with E-state index in [1.165, 1.54) is 17.5 Å². The molecule has 4 rings (SSSR count). The molecule has 1 amide bonds. The van der Waals surface area contributed by atoms with Crippen molar-refractivity contribution in [1.82, 2.24) is 30.0 Å². The van der Waals surface area contributed by atoms with Crippen LogP contribution in [0, 0.1) is 0 Å². The first kappa shape index (κ1) is 17.1. The van der Waals surface area contributed by atoms with E-state index in [9.17, 15) is 9.59 Å². The van der Waals surface area contributed by atoms with E-state index < -0.39 is 11.5 Å². The molecule has 0 aromatic carbocycles. The zero-order chi connectivity index (χ0) is 18.8. The molecule has 0 bridgehead atoms. The van der Waals surface area contributed by atoms with E-state index in [0.717, 1.165) is 12.8 Å². The van der Waals surface area contributed by atoms with Gasteiger partial charge in [-0.05, 0) is 25.0 Å². The van der Waals surface area contributed by atoms with Crippen molar-refractivity contribution < 1.29 is 9.32 Å². The van der Waals surface area contributed by atoms with Crippen molar-refractivity contribution >= 4 is 5.91 Å². The Balaban J connectivity index is 1.48. The molecule has 0 atom stereocenters. The van der Waals surface area contributed by atoms with Gasteiger partial charge < -0.3 is 14.4 Å². The van der Waals surface area contributed by atoms with Crippen molar-refractivity contribution in [1.29, 1.82) is 0 Å². The van der Waals surface area contributed by atoms with Gasteiger partial charge in [0, 0.05) is 25.4 Å². The van der Waals surface area contributed by atoms with Crippen LogP contribution in [0.25, 0.3) is 11.5 Å². The molecule has 138 valence electrons. The average Bonchev–Trinajstić information content (AvgIpc) is 3.08. The van der Waals surface area contributed by atoms with E-state index in [0.29, 0.717) is 29.2 Å². The van der Waals surface area contributed by atoms with Gasteiger partial charge in [-0.1, -0.05) is 17.6 Å². The van der Waals surface area contributed by atoms with Crippen LogP contribution in [0.15, 0.2) is 39.9 Å². The Hall–Kier alpha value is -3.36. The number of amides is 1. The van der Waals surface area contributed by atoms with Gasteiger partial charge in [-0.15, -0.1) is 0 Å². The van der Waals surface area contributed by atoms with Crippen LogP contribution in [0.2, 0.25) is 0 Å². The highest BCUT2D eigenvalue weighted by atomic mass is 16.5. The first-order chi connectivity index (χ1) is 13.1. The zero-order valence-corrected chi connectivity index (χ0v) is 14.8. The quantitative estimate of drug-likeness (QED) is 0.731. The normalized spacial score (nSPS) is 14.0. The van der Waals surface area contributed by atoms with Gasteiger partial charge in [0.15, 0.2) is 11.6 Å². The minimum absolute atomic E-state index is 0.0557. The summed E-state index contributed by atoms with van der Waals surface area (Å²) in [5.41, 5.74) is -0.0528. The number of nitrogens with one attached hydrogen (secondary N) is 1. The minimum Gasteiger partial charge on any atom is -0.339 e. The second-order valence-electron chi connectivity index (χ2n) is 6.53. The molecule has 0 unspecified atom stereocenters. The standard InChI is InChI=1S/C18H18N6O3/c1-24(10-14-21-17(27-23-14)11-5-4-6-11)18(26)12-9-20-15(22-16(12)25)13-7-2-3-8-19-13/h2-3,7-9,11H,4-6,10H2,1H3,(H,20,22,25). The number of aromatic amines is 1. The summed E-state index contributed by atoms with van der Waals surface area (Å²) < 4.78 is 5.26. The molecule has 0 spiro atoms. The Labute approximate surface area is 154 Å². The number of hydrogen-bond donors (Lipinski definition) is 1. The van der Waals surface area contributed by atoms with Gasteiger partial charge in [0.25, 0.3) is 11.5 Å². The summed E-state index contributed by atoms with van der Waals surface area (Å²) in [4.78, 5) is 41.5. The molecule has 0 radical (unpaired) electrons. The van der Waals surface area contributed by atoms with E-state index in [1.807, 2.05) is 0 Å². The van der Waals surface area contributed by atoms with E-state index in [1.54, 1.807) is 31.4 Å². The summed E-state index contributed by atoms with van der Waals surface area (Å²) in [6.45, 7) is 0.149. The van der Waals surface area contributed by atoms with Gasteiger partial charge >= 0.3 is 0 Å². The first-order valence-corrected chi connectivity index (χ1v) is 8.70. The summed E-state index contributed by atoms with van der Waals surface area (Å²) in [5.74, 6) is 1.21. The molecule has 0 aliphatic heterocycles. The highest BCUT2D eigenvalue weighted by Gasteiger charge is 2.26. The van der Waals surface area contributed by atoms with Crippen LogP contribution < -0.4 is 5.56 Å². The Bertz CT molecular complexity index is 1010. The van der Waals surface area contributed by atoms with Gasteiger partial charge in [0.2, 0.25) is 5.89 Å². The van der Waals surface area contributed by atoms with Crippen LogP contribution in [-0.4, -0.2) is 42.9 Å². The molecular formula is C18H18N6O3. The predicted octanol–water partition coefficient (Wildman–Crippen LogP) is 1.75. The molecule has 1 aliphatic carbocycles. The molecule has 1 aliphatic rings. The third-order valence-electron chi connectivity index (χ3n) is 4.60. The third kappa shape index (κ3) is 3.48. The molecule has 3 aromatic heterocycles. The van der Waals surface area contributed by atoms with Crippen LogP contribution in [0.5, 0.6) is 0 Å². The molecule has 9 nitrogen and oxygen atoms in total. The van der Waals surface area contributed by atoms with Crippen LogP contribution in [-0.2, 0) is 6.54 Å². The van der Waals surface area contributed by atoms with E-state index in [-0.39, 0.29) is 12.1 Å². The molecule has 1 N–H and O–H groups in total. The molecule has 1 saturated carbocycles. The van der Waals surface area contributed by atoms with Crippen molar-refractivity contribution in [3.05, 3.63) is 58.2 Å². The van der Waals surface area contributed by atoms with Crippen molar-refractivity contribution in [3.63, 3.8) is 0 Å². The lowest BCUT2D eigenvalue weighted by Crippen LogP contribution is -2.32. The molecule has 27 heavy (non-hydrogen) atoms. The fourth-order valence-electron chi connectivity index (χ4n) is 2.82. The minimum atomic E-state index is -0.522. The lowest BCUT2D eigenvalue weighted by Gasteiger charge is -2.20.